The van der Waals surface area contributed by atoms with Crippen LogP contribution in [0.25, 0.3) is 10.2 Å². The third-order valence-corrected chi connectivity index (χ3v) is 6.53. The number of sulfone groups is 1. The van der Waals surface area contributed by atoms with Gasteiger partial charge in [0, 0.05) is 29.9 Å². The first-order chi connectivity index (χ1) is 13.2. The van der Waals surface area contributed by atoms with E-state index in [-0.39, 0.29) is 10.8 Å². The summed E-state index contributed by atoms with van der Waals surface area (Å²) in [5.74, 6) is -0.210. The first-order valence-corrected chi connectivity index (χ1v) is 11.6. The van der Waals surface area contributed by atoms with E-state index in [1.165, 1.54) is 17.4 Å². The van der Waals surface area contributed by atoms with Crippen LogP contribution in [0.2, 0.25) is 5.02 Å². The van der Waals surface area contributed by atoms with Crippen LogP contribution in [-0.4, -0.2) is 57.6 Å². The molecular weight excluding hydrogens is 418 g/mol. The predicted molar refractivity (Wildman–Crippen MR) is 114 cm³/mol. The van der Waals surface area contributed by atoms with Gasteiger partial charge >= 0.3 is 0 Å². The van der Waals surface area contributed by atoms with Gasteiger partial charge in [0.05, 0.1) is 9.60 Å². The molecular formula is C19H20ClN3O3S2. The highest BCUT2D eigenvalue weighted by molar-refractivity contribution is 7.91. The summed E-state index contributed by atoms with van der Waals surface area (Å²) in [6.07, 6.45) is 1.16. The summed E-state index contributed by atoms with van der Waals surface area (Å²) < 4.78 is 24.9. The maximum Gasteiger partial charge on any atom is 0.260 e. The number of hydrogen-bond acceptors (Lipinski definition) is 6. The zero-order valence-electron chi connectivity index (χ0n) is 15.7. The van der Waals surface area contributed by atoms with Crippen LogP contribution in [-0.2, 0) is 9.84 Å². The van der Waals surface area contributed by atoms with Crippen molar-refractivity contribution in [2.75, 3.05) is 38.3 Å². The molecule has 3 rings (SSSR count). The van der Waals surface area contributed by atoms with Crippen molar-refractivity contribution in [1.29, 1.82) is 0 Å². The molecule has 2 aromatic carbocycles. The minimum absolute atomic E-state index is 0.166. The highest BCUT2D eigenvalue weighted by Crippen LogP contribution is 2.33. The molecule has 0 atom stereocenters. The molecule has 148 valence electrons. The molecule has 0 fully saturated rings. The van der Waals surface area contributed by atoms with E-state index < -0.39 is 9.84 Å². The monoisotopic (exact) mass is 437 g/mol. The second-order valence-corrected chi connectivity index (χ2v) is 10.1. The SMILES string of the molecule is CN(C)CCN(C(=O)c1ccc(Cl)cc1)c1nc2c(S(C)(=O)=O)cccc2s1. The molecule has 0 aliphatic heterocycles. The number of likely N-dealkylation sites (N-methyl/N-ethyl adjacent to an activating group) is 1. The average Bonchev–Trinajstić information content (AvgIpc) is 3.04. The van der Waals surface area contributed by atoms with E-state index >= 15 is 0 Å². The van der Waals surface area contributed by atoms with Gasteiger partial charge in [-0.3, -0.25) is 9.69 Å². The Bertz CT molecular complexity index is 1110. The Morgan fingerprint density at radius 3 is 2.39 bits per heavy atom. The van der Waals surface area contributed by atoms with Crippen LogP contribution in [0.1, 0.15) is 10.4 Å². The lowest BCUT2D eigenvalue weighted by atomic mass is 10.2. The predicted octanol–water partition coefficient (Wildman–Crippen LogP) is 3.56. The zero-order valence-corrected chi connectivity index (χ0v) is 18.1. The van der Waals surface area contributed by atoms with Gasteiger partial charge in [0.15, 0.2) is 15.0 Å². The number of anilines is 1. The number of carbonyl (C=O) groups excluding carboxylic acids is 1. The van der Waals surface area contributed by atoms with Crippen molar-refractivity contribution in [3.05, 3.63) is 53.1 Å². The molecule has 6 nitrogen and oxygen atoms in total. The summed E-state index contributed by atoms with van der Waals surface area (Å²) in [6, 6.07) is 11.7. The zero-order chi connectivity index (χ0) is 20.5. The summed E-state index contributed by atoms with van der Waals surface area (Å²) in [4.78, 5) is 21.4. The highest BCUT2D eigenvalue weighted by atomic mass is 35.5. The van der Waals surface area contributed by atoms with Crippen molar-refractivity contribution in [1.82, 2.24) is 9.88 Å². The van der Waals surface area contributed by atoms with Crippen LogP contribution in [0, 0.1) is 0 Å². The lowest BCUT2D eigenvalue weighted by Gasteiger charge is -2.22. The Hall–Kier alpha value is -2.00. The second-order valence-electron chi connectivity index (χ2n) is 6.64. The summed E-state index contributed by atoms with van der Waals surface area (Å²) in [5, 5.41) is 1.02. The largest absolute Gasteiger partial charge is 0.308 e. The van der Waals surface area contributed by atoms with E-state index in [4.69, 9.17) is 11.6 Å². The van der Waals surface area contributed by atoms with Crippen LogP contribution in [0.4, 0.5) is 5.13 Å². The van der Waals surface area contributed by atoms with Gasteiger partial charge in [0.1, 0.15) is 5.52 Å². The molecule has 0 spiro atoms. The number of amides is 1. The molecule has 9 heteroatoms. The fraction of sp³-hybridized carbons (Fsp3) is 0.263. The van der Waals surface area contributed by atoms with E-state index in [0.717, 1.165) is 11.0 Å². The van der Waals surface area contributed by atoms with E-state index in [1.807, 2.05) is 25.1 Å². The van der Waals surface area contributed by atoms with Gasteiger partial charge in [-0.05, 0) is 50.5 Å². The molecule has 3 aromatic rings. The molecule has 0 saturated carbocycles. The van der Waals surface area contributed by atoms with Crippen LogP contribution in [0.5, 0.6) is 0 Å². The van der Waals surface area contributed by atoms with E-state index in [9.17, 15) is 13.2 Å². The Labute approximate surface area is 173 Å². The van der Waals surface area contributed by atoms with Crippen LogP contribution in [0.15, 0.2) is 47.4 Å². The lowest BCUT2D eigenvalue weighted by molar-refractivity contribution is 0.0985. The van der Waals surface area contributed by atoms with E-state index in [0.29, 0.717) is 34.3 Å². The average molecular weight is 438 g/mol. The van der Waals surface area contributed by atoms with Gasteiger partial charge in [-0.25, -0.2) is 13.4 Å². The Balaban J connectivity index is 2.07. The van der Waals surface area contributed by atoms with Gasteiger partial charge in [0.2, 0.25) is 0 Å². The lowest BCUT2D eigenvalue weighted by Crippen LogP contribution is -2.36. The normalized spacial score (nSPS) is 11.9. The van der Waals surface area contributed by atoms with Gasteiger partial charge in [-0.15, -0.1) is 0 Å². The fourth-order valence-electron chi connectivity index (χ4n) is 2.66. The molecule has 0 aliphatic rings. The molecule has 0 aliphatic carbocycles. The molecule has 0 unspecified atom stereocenters. The first kappa shape index (κ1) is 20.7. The number of rotatable bonds is 6. The van der Waals surface area contributed by atoms with Crippen molar-refractivity contribution in [2.24, 2.45) is 0 Å². The number of halogens is 1. The molecule has 1 amide bonds. The topological polar surface area (TPSA) is 70.6 Å². The van der Waals surface area contributed by atoms with Crippen molar-refractivity contribution in [2.45, 2.75) is 4.90 Å². The molecule has 1 aromatic heterocycles. The van der Waals surface area contributed by atoms with Gasteiger partial charge in [-0.2, -0.15) is 0 Å². The minimum atomic E-state index is -3.43. The third-order valence-electron chi connectivity index (χ3n) is 4.11. The maximum absolute atomic E-state index is 13.1. The number of aromatic nitrogens is 1. The summed E-state index contributed by atoms with van der Waals surface area (Å²) >= 11 is 7.23. The maximum atomic E-state index is 13.1. The van der Waals surface area contributed by atoms with Crippen LogP contribution < -0.4 is 4.90 Å². The Morgan fingerprint density at radius 2 is 1.79 bits per heavy atom. The van der Waals surface area contributed by atoms with Crippen molar-refractivity contribution >= 4 is 54.0 Å². The quantitative estimate of drug-likeness (QED) is 0.589. The van der Waals surface area contributed by atoms with Gasteiger partial charge in [-0.1, -0.05) is 29.0 Å². The Morgan fingerprint density at radius 1 is 1.11 bits per heavy atom. The number of carbonyl (C=O) groups is 1. The number of nitrogens with zero attached hydrogens (tertiary/aromatic N) is 3. The van der Waals surface area contributed by atoms with Gasteiger partial charge < -0.3 is 4.90 Å². The third kappa shape index (κ3) is 4.52. The summed E-state index contributed by atoms with van der Waals surface area (Å²) in [6.45, 7) is 1.05. The smallest absolute Gasteiger partial charge is 0.260 e. The summed E-state index contributed by atoms with van der Waals surface area (Å²) in [5.41, 5.74) is 0.884. The molecule has 1 heterocycles. The number of para-hydroxylation sites is 1. The second kappa shape index (κ2) is 8.16. The molecule has 0 saturated heterocycles. The number of fused-ring (bicyclic) bond motifs is 1. The standard InChI is InChI=1S/C19H20ClN3O3S2/c1-22(2)11-12-23(18(24)13-7-9-14(20)10-8-13)19-21-17-15(27-19)5-4-6-16(17)28(3,25)26/h4-10H,11-12H2,1-3H3. The van der Waals surface area contributed by atoms with Crippen LogP contribution in [0.3, 0.4) is 0 Å². The summed E-state index contributed by atoms with van der Waals surface area (Å²) in [7, 11) is 0.417. The molecule has 0 bridgehead atoms. The minimum Gasteiger partial charge on any atom is -0.308 e. The van der Waals surface area contributed by atoms with Crippen LogP contribution >= 0.6 is 22.9 Å². The molecule has 0 radical (unpaired) electrons. The van der Waals surface area contributed by atoms with E-state index in [2.05, 4.69) is 4.98 Å². The number of benzene rings is 2. The highest BCUT2D eigenvalue weighted by Gasteiger charge is 2.23. The van der Waals surface area contributed by atoms with Crippen molar-refractivity contribution in [3.63, 3.8) is 0 Å². The first-order valence-electron chi connectivity index (χ1n) is 8.48. The van der Waals surface area contributed by atoms with Crippen molar-refractivity contribution < 1.29 is 13.2 Å². The number of thiazole rings is 1. The van der Waals surface area contributed by atoms with Crippen molar-refractivity contribution in [3.8, 4) is 0 Å². The van der Waals surface area contributed by atoms with E-state index in [1.54, 1.807) is 35.2 Å². The van der Waals surface area contributed by atoms with Gasteiger partial charge in [0.25, 0.3) is 5.91 Å². The Kier molecular flexibility index (Phi) is 6.04. The molecule has 0 N–H and O–H groups in total. The fourth-order valence-corrected chi connectivity index (χ4v) is 4.70. The number of hydrogen-bond donors (Lipinski definition) is 0. The molecule has 28 heavy (non-hydrogen) atoms.